The smallest absolute Gasteiger partial charge is 0.267 e. The zero-order chi connectivity index (χ0) is 16.0. The lowest BCUT2D eigenvalue weighted by Crippen LogP contribution is -2.06. The third-order valence-corrected chi connectivity index (χ3v) is 4.62. The molecule has 0 radical (unpaired) electrons. The van der Waals surface area contributed by atoms with E-state index in [0.29, 0.717) is 10.6 Å². The van der Waals surface area contributed by atoms with Gasteiger partial charge in [0, 0.05) is 4.90 Å². The average Bonchev–Trinajstić information content (AvgIpc) is 2.48. The molecule has 0 aromatic heterocycles. The fraction of sp³-hybridized carbons (Fsp3) is 0.188. The minimum Gasteiger partial charge on any atom is -0.267 e. The summed E-state index contributed by atoms with van der Waals surface area (Å²) >= 11 is 1.36. The molecule has 0 fully saturated rings. The van der Waals surface area contributed by atoms with Crippen molar-refractivity contribution in [2.24, 2.45) is 5.16 Å². The summed E-state index contributed by atoms with van der Waals surface area (Å²) in [6.45, 7) is 3.72. The summed E-state index contributed by atoms with van der Waals surface area (Å²) in [4.78, 5) is 0.982. The summed E-state index contributed by atoms with van der Waals surface area (Å²) in [6, 6.07) is 16.8. The van der Waals surface area contributed by atoms with E-state index in [2.05, 4.69) is 5.16 Å². The second-order valence-corrected chi connectivity index (χ2v) is 7.61. The summed E-state index contributed by atoms with van der Waals surface area (Å²) in [5.74, 6) is -0.195. The molecule has 22 heavy (non-hydrogen) atoms. The number of thioether (sulfide) groups is 1. The van der Waals surface area contributed by atoms with Crippen LogP contribution in [0.3, 0.4) is 0 Å². The normalized spacial score (nSPS) is 12.2. The average molecular weight is 335 g/mol. The molecule has 0 spiro atoms. The quantitative estimate of drug-likeness (QED) is 0.359. The molecule has 6 heteroatoms. The molecule has 4 nitrogen and oxygen atoms in total. The Morgan fingerprint density at radius 2 is 1.73 bits per heavy atom. The third-order valence-electron chi connectivity index (χ3n) is 2.75. The predicted octanol–water partition coefficient (Wildman–Crippen LogP) is 3.97. The number of aryl methyl sites for hydroxylation is 1. The van der Waals surface area contributed by atoms with Crippen molar-refractivity contribution in [1.29, 1.82) is 0 Å². The molecule has 0 unspecified atom stereocenters. The SMILES string of the molecule is C/C(=N/OS(=O)(=O)Cc1ccccc1)Sc1ccc(C)cc1. The van der Waals surface area contributed by atoms with Gasteiger partial charge in [0.05, 0.1) is 0 Å². The summed E-state index contributed by atoms with van der Waals surface area (Å²) in [6.07, 6.45) is 0. The van der Waals surface area contributed by atoms with Gasteiger partial charge < -0.3 is 0 Å². The lowest BCUT2D eigenvalue weighted by atomic mass is 10.2. The molecule has 0 saturated heterocycles. The van der Waals surface area contributed by atoms with E-state index < -0.39 is 10.1 Å². The Labute approximate surface area is 135 Å². The van der Waals surface area contributed by atoms with Gasteiger partial charge in [-0.3, -0.25) is 4.28 Å². The molecular formula is C16H17NO3S2. The van der Waals surface area contributed by atoms with E-state index in [0.717, 1.165) is 4.90 Å². The van der Waals surface area contributed by atoms with Crippen LogP contribution in [0.5, 0.6) is 0 Å². The maximum absolute atomic E-state index is 11.9. The zero-order valence-electron chi connectivity index (χ0n) is 12.4. The van der Waals surface area contributed by atoms with Gasteiger partial charge in [-0.2, -0.15) is 8.42 Å². The number of nitrogens with zero attached hydrogens (tertiary/aromatic N) is 1. The fourth-order valence-corrected chi connectivity index (χ4v) is 3.32. The Hall–Kier alpha value is -1.79. The Kier molecular flexibility index (Phi) is 5.63. The van der Waals surface area contributed by atoms with Gasteiger partial charge in [0.1, 0.15) is 10.8 Å². The van der Waals surface area contributed by atoms with Gasteiger partial charge in [-0.1, -0.05) is 64.9 Å². The minimum absolute atomic E-state index is 0.195. The summed E-state index contributed by atoms with van der Waals surface area (Å²) < 4.78 is 28.5. The van der Waals surface area contributed by atoms with Crippen LogP contribution in [0, 0.1) is 6.92 Å². The van der Waals surface area contributed by atoms with Crippen LogP contribution in [0.1, 0.15) is 18.1 Å². The molecule has 0 amide bonds. The zero-order valence-corrected chi connectivity index (χ0v) is 14.0. The van der Waals surface area contributed by atoms with Crippen LogP contribution in [0.4, 0.5) is 0 Å². The molecule has 0 aliphatic carbocycles. The Morgan fingerprint density at radius 1 is 1.09 bits per heavy atom. The largest absolute Gasteiger partial charge is 0.332 e. The van der Waals surface area contributed by atoms with Crippen molar-refractivity contribution in [1.82, 2.24) is 0 Å². The first-order chi connectivity index (χ1) is 10.4. The summed E-state index contributed by atoms with van der Waals surface area (Å²) in [5, 5.41) is 4.23. The van der Waals surface area contributed by atoms with Crippen LogP contribution in [0.15, 0.2) is 64.6 Å². The van der Waals surface area contributed by atoms with Crippen molar-refractivity contribution in [2.45, 2.75) is 24.5 Å². The Morgan fingerprint density at radius 3 is 2.36 bits per heavy atom. The van der Waals surface area contributed by atoms with Gasteiger partial charge in [0.25, 0.3) is 0 Å². The van der Waals surface area contributed by atoms with Crippen LogP contribution < -0.4 is 0 Å². The van der Waals surface area contributed by atoms with E-state index in [1.54, 1.807) is 31.2 Å². The Bertz CT molecular complexity index is 739. The van der Waals surface area contributed by atoms with E-state index in [9.17, 15) is 8.42 Å². The van der Waals surface area contributed by atoms with Gasteiger partial charge >= 0.3 is 10.1 Å². The molecule has 0 saturated carbocycles. The molecule has 2 rings (SSSR count). The lowest BCUT2D eigenvalue weighted by Gasteiger charge is -2.04. The topological polar surface area (TPSA) is 55.7 Å². The molecule has 0 bridgehead atoms. The van der Waals surface area contributed by atoms with E-state index in [1.165, 1.54) is 17.3 Å². The van der Waals surface area contributed by atoms with Crippen molar-refractivity contribution >= 4 is 26.9 Å². The first-order valence-corrected chi connectivity index (χ1v) is 9.08. The lowest BCUT2D eigenvalue weighted by molar-refractivity contribution is 0.339. The van der Waals surface area contributed by atoms with Gasteiger partial charge in [-0.25, -0.2) is 0 Å². The fourth-order valence-electron chi connectivity index (χ4n) is 1.71. The highest BCUT2D eigenvalue weighted by Gasteiger charge is 2.13. The number of hydrogen-bond donors (Lipinski definition) is 0. The highest BCUT2D eigenvalue weighted by atomic mass is 32.2. The van der Waals surface area contributed by atoms with Gasteiger partial charge in [-0.15, -0.1) is 0 Å². The van der Waals surface area contributed by atoms with Crippen LogP contribution in [-0.2, 0) is 20.2 Å². The van der Waals surface area contributed by atoms with Gasteiger partial charge in [0.2, 0.25) is 0 Å². The number of benzene rings is 2. The van der Waals surface area contributed by atoms with Crippen LogP contribution in [0.2, 0.25) is 0 Å². The second kappa shape index (κ2) is 7.47. The number of oxime groups is 1. The summed E-state index contributed by atoms with van der Waals surface area (Å²) in [5.41, 5.74) is 1.84. The molecule has 0 N–H and O–H groups in total. The third kappa shape index (κ3) is 5.54. The standard InChI is InChI=1S/C16H17NO3S2/c1-13-8-10-16(11-9-13)21-14(2)17-20-22(18,19)12-15-6-4-3-5-7-15/h3-11H,12H2,1-2H3/b17-14-. The van der Waals surface area contributed by atoms with Gasteiger partial charge in [0.15, 0.2) is 0 Å². The Balaban J connectivity index is 1.96. The first kappa shape index (κ1) is 16.6. The maximum Gasteiger partial charge on any atom is 0.332 e. The number of rotatable bonds is 5. The first-order valence-electron chi connectivity index (χ1n) is 6.69. The minimum atomic E-state index is -3.73. The molecule has 0 atom stereocenters. The molecule has 116 valence electrons. The van der Waals surface area contributed by atoms with E-state index >= 15 is 0 Å². The molecule has 0 heterocycles. The van der Waals surface area contributed by atoms with Crippen molar-refractivity contribution in [3.8, 4) is 0 Å². The molecule has 2 aromatic rings. The molecule has 0 aliphatic heterocycles. The highest BCUT2D eigenvalue weighted by Crippen LogP contribution is 2.20. The van der Waals surface area contributed by atoms with E-state index in [4.69, 9.17) is 4.28 Å². The van der Waals surface area contributed by atoms with Crippen LogP contribution >= 0.6 is 11.8 Å². The monoisotopic (exact) mass is 335 g/mol. The summed E-state index contributed by atoms with van der Waals surface area (Å²) in [7, 11) is -3.73. The predicted molar refractivity (Wildman–Crippen MR) is 90.3 cm³/mol. The molecule has 2 aromatic carbocycles. The van der Waals surface area contributed by atoms with Crippen LogP contribution in [0.25, 0.3) is 0 Å². The maximum atomic E-state index is 11.9. The molecule has 0 aliphatic rings. The molecular weight excluding hydrogens is 318 g/mol. The second-order valence-electron chi connectivity index (χ2n) is 4.79. The van der Waals surface area contributed by atoms with Crippen molar-refractivity contribution in [2.75, 3.05) is 0 Å². The van der Waals surface area contributed by atoms with E-state index in [1.807, 2.05) is 37.3 Å². The van der Waals surface area contributed by atoms with Gasteiger partial charge in [-0.05, 0) is 31.5 Å². The van der Waals surface area contributed by atoms with Crippen LogP contribution in [-0.4, -0.2) is 13.5 Å². The number of hydrogen-bond acceptors (Lipinski definition) is 5. The van der Waals surface area contributed by atoms with Crippen molar-refractivity contribution < 1.29 is 12.7 Å². The highest BCUT2D eigenvalue weighted by molar-refractivity contribution is 8.13. The van der Waals surface area contributed by atoms with E-state index in [-0.39, 0.29) is 5.75 Å². The van der Waals surface area contributed by atoms with Crippen molar-refractivity contribution in [3.63, 3.8) is 0 Å². The van der Waals surface area contributed by atoms with Crippen molar-refractivity contribution in [3.05, 3.63) is 65.7 Å².